The van der Waals surface area contributed by atoms with Gasteiger partial charge in [0.25, 0.3) is 0 Å². The Morgan fingerprint density at radius 1 is 0.983 bits per heavy atom. The molecule has 3 saturated heterocycles. The number of benzene rings is 3. The highest BCUT2D eigenvalue weighted by Crippen LogP contribution is 2.40. The molecule has 3 heterocycles. The molecule has 10 nitrogen and oxygen atoms in total. The lowest BCUT2D eigenvalue weighted by Crippen LogP contribution is -2.52. The van der Waals surface area contributed by atoms with Gasteiger partial charge in [0.1, 0.15) is 18.2 Å². The Bertz CT molecular complexity index is 2220. The van der Waals surface area contributed by atoms with E-state index in [1.165, 1.54) is 36.4 Å². The van der Waals surface area contributed by atoms with Crippen molar-refractivity contribution >= 4 is 45.2 Å². The van der Waals surface area contributed by atoms with E-state index < -0.39 is 40.7 Å². The maximum Gasteiger partial charge on any atom is 0.387 e. The zero-order valence-corrected chi connectivity index (χ0v) is 36.1. The van der Waals surface area contributed by atoms with Gasteiger partial charge in [0, 0.05) is 23.0 Å². The van der Waals surface area contributed by atoms with Crippen molar-refractivity contribution in [3.8, 4) is 11.5 Å². The van der Waals surface area contributed by atoms with Gasteiger partial charge in [0.15, 0.2) is 11.5 Å². The molecule has 3 atom stereocenters. The Labute approximate surface area is 360 Å². The number of halogens is 4. The quantitative estimate of drug-likeness (QED) is 0.0927. The number of aryl methyl sites for hydroxylation is 1. The number of piperidine rings is 3. The lowest BCUT2D eigenvalue weighted by atomic mass is 9.86. The van der Waals surface area contributed by atoms with Crippen molar-refractivity contribution in [1.29, 1.82) is 0 Å². The number of carbonyl (C=O) groups is 2. The lowest BCUT2D eigenvalue weighted by molar-refractivity contribution is -0.161. The summed E-state index contributed by atoms with van der Waals surface area (Å²) in [5.74, 6) is -1.31. The average molecular weight is 888 g/mol. The van der Waals surface area contributed by atoms with E-state index in [0.29, 0.717) is 34.7 Å². The van der Waals surface area contributed by atoms with E-state index in [9.17, 15) is 26.8 Å². The van der Waals surface area contributed by atoms with Gasteiger partial charge in [-0.05, 0) is 124 Å². The predicted molar refractivity (Wildman–Crippen MR) is 226 cm³/mol. The lowest BCUT2D eigenvalue weighted by Gasteiger charge is -2.44. The smallest absolute Gasteiger partial charge is 0.387 e. The van der Waals surface area contributed by atoms with Crippen LogP contribution in [-0.4, -0.2) is 64.2 Å². The molecule has 4 aliphatic rings. The van der Waals surface area contributed by atoms with Crippen LogP contribution in [0, 0.1) is 18.8 Å². The van der Waals surface area contributed by atoms with Crippen molar-refractivity contribution in [3.63, 3.8) is 0 Å². The summed E-state index contributed by atoms with van der Waals surface area (Å²) in [6, 6.07) is 15.0. The van der Waals surface area contributed by atoms with Gasteiger partial charge in [-0.25, -0.2) is 18.0 Å². The van der Waals surface area contributed by atoms with Crippen molar-refractivity contribution in [2.45, 2.75) is 89.1 Å². The summed E-state index contributed by atoms with van der Waals surface area (Å²) in [5, 5.41) is 0.561. The molecule has 1 aliphatic carbocycles. The molecular formula is C45H50Cl2F2N2O8S. The molecule has 2 bridgehead atoms. The second-order valence-corrected chi connectivity index (χ2v) is 18.2. The van der Waals surface area contributed by atoms with Gasteiger partial charge in [-0.2, -0.15) is 13.5 Å². The first-order valence-corrected chi connectivity index (χ1v) is 22.3. The standard InChI is InChI=1S/C45H50Cl2F2N2O8S/c1-5-27(2)21-37(47)36(29(4)46)24-39(33-15-16-38(59-45(48)49)40(23-33)56-26-30-11-12-30)57-43(52)34-7-6-8-35(22-34)60(54,55)50-42(32-13-9-28(3)10-14-32)44(53)58-41-25-51-19-17-31(41)18-20-51/h6-10,13-16,21-23,30-31,39,41-42,45,50H,2,5,11-12,17-20,24-26H2,1,3-4H3. The van der Waals surface area contributed by atoms with Crippen LogP contribution in [0.4, 0.5) is 8.78 Å². The third-order valence-electron chi connectivity index (χ3n) is 11.0. The van der Waals surface area contributed by atoms with E-state index in [-0.39, 0.29) is 58.0 Å². The molecule has 322 valence electrons. The van der Waals surface area contributed by atoms with Crippen LogP contribution in [0.15, 0.2) is 105 Å². The summed E-state index contributed by atoms with van der Waals surface area (Å²) in [6.45, 7) is 9.05. The Hall–Kier alpha value is -4.27. The van der Waals surface area contributed by atoms with Gasteiger partial charge < -0.3 is 18.9 Å². The maximum atomic E-state index is 14.1. The summed E-state index contributed by atoms with van der Waals surface area (Å²) in [5.41, 5.74) is 2.68. The van der Waals surface area contributed by atoms with Crippen LogP contribution in [0.5, 0.6) is 11.5 Å². The number of carbonyl (C=O) groups excluding carboxylic acids is 2. The Morgan fingerprint density at radius 3 is 2.30 bits per heavy atom. The van der Waals surface area contributed by atoms with Crippen molar-refractivity contribution in [3.05, 3.63) is 123 Å². The number of nitrogens with zero attached hydrogens (tertiary/aromatic N) is 1. The second-order valence-electron chi connectivity index (χ2n) is 15.6. The van der Waals surface area contributed by atoms with Crippen LogP contribution < -0.4 is 14.2 Å². The van der Waals surface area contributed by atoms with Crippen LogP contribution in [0.25, 0.3) is 0 Å². The molecule has 60 heavy (non-hydrogen) atoms. The van der Waals surface area contributed by atoms with E-state index in [0.717, 1.165) is 56.0 Å². The predicted octanol–water partition coefficient (Wildman–Crippen LogP) is 9.93. The number of nitrogens with one attached hydrogen (secondary N) is 1. The Balaban J connectivity index is 1.29. The summed E-state index contributed by atoms with van der Waals surface area (Å²) < 4.78 is 80.2. The van der Waals surface area contributed by atoms with Gasteiger partial charge in [-0.3, -0.25) is 4.90 Å². The molecular weight excluding hydrogens is 837 g/mol. The molecule has 3 aromatic rings. The van der Waals surface area contributed by atoms with E-state index in [1.807, 2.05) is 13.8 Å². The largest absolute Gasteiger partial charge is 0.489 e. The van der Waals surface area contributed by atoms with Crippen LogP contribution in [-0.2, 0) is 24.3 Å². The minimum atomic E-state index is -4.45. The molecule has 0 aromatic heterocycles. The normalized spacial score (nSPS) is 20.5. The molecule has 3 unspecified atom stereocenters. The summed E-state index contributed by atoms with van der Waals surface area (Å²) in [4.78, 5) is 29.8. The van der Waals surface area contributed by atoms with E-state index >= 15 is 0 Å². The number of alkyl halides is 2. The number of allylic oxidation sites excluding steroid dienone is 4. The molecule has 1 saturated carbocycles. The fraction of sp³-hybridized carbons (Fsp3) is 0.422. The molecule has 0 amide bonds. The number of rotatable bonds is 19. The molecule has 3 aliphatic heterocycles. The first-order valence-electron chi connectivity index (χ1n) is 20.0. The molecule has 7 rings (SSSR count). The first-order chi connectivity index (χ1) is 28.6. The number of fused-ring (bicyclic) bond motifs is 3. The zero-order valence-electron chi connectivity index (χ0n) is 33.8. The highest BCUT2D eigenvalue weighted by Gasteiger charge is 2.39. The zero-order chi connectivity index (χ0) is 43.1. The molecule has 0 spiro atoms. The minimum absolute atomic E-state index is 0.0317. The van der Waals surface area contributed by atoms with Crippen molar-refractivity contribution in [2.75, 3.05) is 26.2 Å². The van der Waals surface area contributed by atoms with Crippen LogP contribution >= 0.6 is 23.2 Å². The third kappa shape index (κ3) is 12.0. The van der Waals surface area contributed by atoms with Crippen molar-refractivity contribution in [2.24, 2.45) is 11.8 Å². The Morgan fingerprint density at radius 2 is 1.68 bits per heavy atom. The third-order valence-corrected chi connectivity index (χ3v) is 13.0. The average Bonchev–Trinajstić information content (AvgIpc) is 4.06. The van der Waals surface area contributed by atoms with Gasteiger partial charge in [0.05, 0.1) is 17.1 Å². The first kappa shape index (κ1) is 45.3. The van der Waals surface area contributed by atoms with Gasteiger partial charge >= 0.3 is 18.6 Å². The Kier molecular flexibility index (Phi) is 15.1. The van der Waals surface area contributed by atoms with E-state index in [4.69, 9.17) is 42.1 Å². The highest BCUT2D eigenvalue weighted by atomic mass is 35.5. The second kappa shape index (κ2) is 20.1. The number of hydrogen-bond donors (Lipinski definition) is 1. The fourth-order valence-electron chi connectivity index (χ4n) is 7.19. The van der Waals surface area contributed by atoms with E-state index in [2.05, 4.69) is 16.2 Å². The number of ether oxygens (including phenoxy) is 4. The molecule has 0 radical (unpaired) electrons. The summed E-state index contributed by atoms with van der Waals surface area (Å²) >= 11 is 13.3. The minimum Gasteiger partial charge on any atom is -0.489 e. The topological polar surface area (TPSA) is 120 Å². The SMILES string of the molecule is C=C(C=C(Cl)C(CC(OC(=O)c1cccc(S(=O)(=O)NC(C(=O)OC2CN3CCC2CC3)c2ccc(C)cc2)c1)c1ccc(OC(F)F)c(OCC2CC2)c1)=C(C)Cl)CC. The molecule has 1 N–H and O–H groups in total. The van der Waals surface area contributed by atoms with Gasteiger partial charge in [-0.1, -0.05) is 84.2 Å². The van der Waals surface area contributed by atoms with Gasteiger partial charge in [-0.15, -0.1) is 0 Å². The highest BCUT2D eigenvalue weighted by molar-refractivity contribution is 7.89. The number of hydrogen-bond acceptors (Lipinski definition) is 9. The number of sulfonamides is 1. The van der Waals surface area contributed by atoms with Crippen LogP contribution in [0.2, 0.25) is 0 Å². The van der Waals surface area contributed by atoms with Crippen LogP contribution in [0.3, 0.4) is 0 Å². The fourth-order valence-corrected chi connectivity index (χ4v) is 9.01. The summed E-state index contributed by atoms with van der Waals surface area (Å²) in [6.07, 6.45) is 4.41. The maximum absolute atomic E-state index is 14.1. The van der Waals surface area contributed by atoms with Gasteiger partial charge in [0.2, 0.25) is 10.0 Å². The molecule has 15 heteroatoms. The number of esters is 2. The monoisotopic (exact) mass is 886 g/mol. The molecule has 3 aromatic carbocycles. The molecule has 4 fully saturated rings. The van der Waals surface area contributed by atoms with E-state index in [1.54, 1.807) is 37.3 Å². The van der Waals surface area contributed by atoms with Crippen LogP contribution in [0.1, 0.15) is 91.6 Å². The van der Waals surface area contributed by atoms with Crippen molar-refractivity contribution < 1.29 is 45.7 Å². The van der Waals surface area contributed by atoms with Crippen molar-refractivity contribution in [1.82, 2.24) is 9.62 Å². The summed E-state index contributed by atoms with van der Waals surface area (Å²) in [7, 11) is -4.45.